The maximum atomic E-state index is 2.66. The van der Waals surface area contributed by atoms with Gasteiger partial charge < -0.3 is 0 Å². The second kappa shape index (κ2) is 13.4. The highest BCUT2D eigenvalue weighted by Gasteiger charge is 2.61. The monoisotopic (exact) mass is 820 g/mol. The predicted octanol–water partition coefficient (Wildman–Crippen LogP) is 17.7. The Morgan fingerprint density at radius 2 is 0.844 bits per heavy atom. The Labute approximate surface area is 376 Å². The third-order valence-corrected chi connectivity index (χ3v) is 17.9. The second-order valence-electron chi connectivity index (χ2n) is 21.0. The summed E-state index contributed by atoms with van der Waals surface area (Å²) < 4.78 is 0. The van der Waals surface area contributed by atoms with Gasteiger partial charge in [0.1, 0.15) is 0 Å². The molecule has 0 atom stereocenters. The lowest BCUT2D eigenvalue weighted by Crippen LogP contribution is -2.55. The van der Waals surface area contributed by atoms with E-state index in [1.165, 1.54) is 168 Å². The molecule has 0 radical (unpaired) electrons. The molecule has 0 aromatic heterocycles. The van der Waals surface area contributed by atoms with Crippen LogP contribution in [-0.2, 0) is 5.41 Å². The van der Waals surface area contributed by atoms with Crippen LogP contribution in [0.15, 0.2) is 164 Å². The van der Waals surface area contributed by atoms with Crippen LogP contribution < -0.4 is 0 Å². The summed E-state index contributed by atoms with van der Waals surface area (Å²) in [5, 5.41) is 13.3. The van der Waals surface area contributed by atoms with Crippen LogP contribution in [0.3, 0.4) is 0 Å². The van der Waals surface area contributed by atoms with Gasteiger partial charge in [-0.05, 0) is 220 Å². The number of hydrogen-bond donors (Lipinski definition) is 0. The zero-order valence-corrected chi connectivity index (χ0v) is 36.5. The quantitative estimate of drug-likeness (QED) is 0.123. The van der Waals surface area contributed by atoms with E-state index in [9.17, 15) is 0 Å². The Morgan fingerprint density at radius 3 is 1.42 bits per heavy atom. The molecule has 5 saturated carbocycles. The molecule has 6 aliphatic carbocycles. The average Bonchev–Trinajstić information content (AvgIpc) is 3.64. The Hall–Kier alpha value is -6.24. The van der Waals surface area contributed by atoms with Crippen molar-refractivity contribution >= 4 is 53.9 Å². The van der Waals surface area contributed by atoms with Gasteiger partial charge in [-0.25, -0.2) is 0 Å². The molecule has 0 saturated heterocycles. The molecule has 10 aromatic rings. The van der Waals surface area contributed by atoms with Crippen LogP contribution in [0.4, 0.5) is 0 Å². The largest absolute Gasteiger partial charge is 0.0619 e. The summed E-state index contributed by atoms with van der Waals surface area (Å²) in [6.07, 6.45) is 13.9. The van der Waals surface area contributed by atoms with Crippen molar-refractivity contribution in [2.24, 2.45) is 23.7 Å². The van der Waals surface area contributed by atoms with Gasteiger partial charge in [0.2, 0.25) is 0 Å². The molecule has 4 bridgehead atoms. The molecule has 16 rings (SSSR count). The van der Waals surface area contributed by atoms with Gasteiger partial charge in [0.05, 0.1) is 0 Å². The minimum atomic E-state index is 0.180. The summed E-state index contributed by atoms with van der Waals surface area (Å²) in [6.45, 7) is 0. The van der Waals surface area contributed by atoms with Gasteiger partial charge in [-0.15, -0.1) is 0 Å². The fourth-order valence-electron chi connectivity index (χ4n) is 15.6. The maximum absolute atomic E-state index is 2.66. The van der Waals surface area contributed by atoms with Gasteiger partial charge in [-0.2, -0.15) is 0 Å². The normalized spacial score (nSPS) is 23.6. The van der Waals surface area contributed by atoms with Gasteiger partial charge in [0.15, 0.2) is 0 Å². The van der Waals surface area contributed by atoms with Crippen molar-refractivity contribution < 1.29 is 0 Å². The molecule has 308 valence electrons. The van der Waals surface area contributed by atoms with Crippen molar-refractivity contribution in [2.75, 3.05) is 0 Å². The standard InChI is InChI=1S/C64H52/c1-2-10-40(11-3-1)41-18-20-42(21-19-41)62-54-13-4-6-15-56(54)63(57-16-7-5-14-55(57)62)49-35-46-24-22-44-33-48(34-45-23-25-47(36-49)61(46)60(44)45)43-26-27-53-52-12-8-9-17-58(52)64(59(53)37-43)50-29-38-28-39(31-50)32-51(64)30-38/h4-9,12-27,33-40,50-51H,1-3,10-11,28-32H2. The van der Waals surface area contributed by atoms with Crippen LogP contribution in [0.2, 0.25) is 0 Å². The van der Waals surface area contributed by atoms with E-state index in [0.29, 0.717) is 5.92 Å². The summed E-state index contributed by atoms with van der Waals surface area (Å²) in [5.41, 5.74) is 16.0. The highest BCUT2D eigenvalue weighted by atomic mass is 14.6. The van der Waals surface area contributed by atoms with Crippen LogP contribution >= 0.6 is 0 Å². The van der Waals surface area contributed by atoms with Crippen molar-refractivity contribution in [2.45, 2.75) is 75.5 Å². The van der Waals surface area contributed by atoms with E-state index in [1.807, 2.05) is 0 Å². The molecule has 0 heterocycles. The summed E-state index contributed by atoms with van der Waals surface area (Å²) in [4.78, 5) is 0. The average molecular weight is 821 g/mol. The zero-order valence-electron chi connectivity index (χ0n) is 36.5. The lowest BCUT2D eigenvalue weighted by Gasteiger charge is -2.61. The van der Waals surface area contributed by atoms with Gasteiger partial charge >= 0.3 is 0 Å². The Morgan fingerprint density at radius 1 is 0.359 bits per heavy atom. The summed E-state index contributed by atoms with van der Waals surface area (Å²) >= 11 is 0. The van der Waals surface area contributed by atoms with Crippen LogP contribution in [0.25, 0.3) is 98.4 Å². The fourth-order valence-corrected chi connectivity index (χ4v) is 15.6. The molecule has 6 aliphatic rings. The molecule has 1 spiro atoms. The first-order valence-electron chi connectivity index (χ1n) is 24.7. The molecule has 0 aliphatic heterocycles. The molecule has 0 heteroatoms. The molecule has 64 heavy (non-hydrogen) atoms. The van der Waals surface area contributed by atoms with Gasteiger partial charge in [-0.1, -0.05) is 153 Å². The minimum Gasteiger partial charge on any atom is -0.0619 e. The molecule has 10 aromatic carbocycles. The predicted molar refractivity (Wildman–Crippen MR) is 271 cm³/mol. The number of fused-ring (bicyclic) bond motifs is 5. The van der Waals surface area contributed by atoms with Gasteiger partial charge in [0, 0.05) is 5.41 Å². The van der Waals surface area contributed by atoms with E-state index in [1.54, 1.807) is 11.1 Å². The third kappa shape index (κ3) is 4.95. The topological polar surface area (TPSA) is 0 Å². The van der Waals surface area contributed by atoms with Crippen LogP contribution in [-0.4, -0.2) is 0 Å². The summed E-state index contributed by atoms with van der Waals surface area (Å²) in [5.74, 6) is 4.14. The Balaban J connectivity index is 0.857. The minimum absolute atomic E-state index is 0.180. The molecule has 0 unspecified atom stereocenters. The lowest BCUT2D eigenvalue weighted by molar-refractivity contribution is -0.0399. The third-order valence-electron chi connectivity index (χ3n) is 17.9. The van der Waals surface area contributed by atoms with E-state index in [-0.39, 0.29) is 5.41 Å². The number of rotatable bonds is 4. The van der Waals surface area contributed by atoms with Crippen molar-refractivity contribution in [1.82, 2.24) is 0 Å². The first kappa shape index (κ1) is 36.1. The molecule has 5 fully saturated rings. The Kier molecular flexibility index (Phi) is 7.57. The van der Waals surface area contributed by atoms with Crippen molar-refractivity contribution in [3.8, 4) is 44.5 Å². The molecule has 0 nitrogen and oxygen atoms in total. The molecular weight excluding hydrogens is 769 g/mol. The highest BCUT2D eigenvalue weighted by molar-refractivity contribution is 6.27. The van der Waals surface area contributed by atoms with Crippen LogP contribution in [0.1, 0.15) is 86.8 Å². The maximum Gasteiger partial charge on any atom is 0.0272 e. The van der Waals surface area contributed by atoms with Crippen molar-refractivity contribution in [3.05, 3.63) is 180 Å². The summed E-state index contributed by atoms with van der Waals surface area (Å²) in [7, 11) is 0. The van der Waals surface area contributed by atoms with Crippen LogP contribution in [0.5, 0.6) is 0 Å². The van der Waals surface area contributed by atoms with E-state index in [2.05, 4.69) is 164 Å². The van der Waals surface area contributed by atoms with E-state index in [4.69, 9.17) is 0 Å². The van der Waals surface area contributed by atoms with Gasteiger partial charge in [-0.3, -0.25) is 0 Å². The van der Waals surface area contributed by atoms with E-state index < -0.39 is 0 Å². The van der Waals surface area contributed by atoms with Crippen molar-refractivity contribution in [3.63, 3.8) is 0 Å². The van der Waals surface area contributed by atoms with Crippen molar-refractivity contribution in [1.29, 1.82) is 0 Å². The van der Waals surface area contributed by atoms with Gasteiger partial charge in [0.25, 0.3) is 0 Å². The smallest absolute Gasteiger partial charge is 0.0272 e. The zero-order chi connectivity index (χ0) is 41.7. The molecular formula is C64H52. The van der Waals surface area contributed by atoms with E-state index >= 15 is 0 Å². The SMILES string of the molecule is c1ccc2c(c1)-c1ccc(-c3cc4ccc5cc(-c6c7ccccc7c(-c7ccc(C8CCCCC8)cc7)c7ccccc67)cc6ccc(c3)c4c56)cc1C21C2CC3CC(C2)CC1C3. The lowest BCUT2D eigenvalue weighted by atomic mass is 9.43. The first-order chi connectivity index (χ1) is 31.7. The number of hydrogen-bond acceptors (Lipinski definition) is 0. The summed E-state index contributed by atoms with van der Waals surface area (Å²) in [6, 6.07) is 64.6. The Bertz CT molecular complexity index is 3390. The van der Waals surface area contributed by atoms with Crippen LogP contribution in [0, 0.1) is 23.7 Å². The highest BCUT2D eigenvalue weighted by Crippen LogP contribution is 2.69. The molecule has 0 amide bonds. The first-order valence-corrected chi connectivity index (χ1v) is 24.7. The second-order valence-corrected chi connectivity index (χ2v) is 21.0. The van der Waals surface area contributed by atoms with E-state index in [0.717, 1.165) is 23.7 Å². The number of benzene rings is 10. The fraction of sp³-hybridized carbons (Fsp3) is 0.250. The molecule has 0 N–H and O–H groups in total.